The lowest BCUT2D eigenvalue weighted by molar-refractivity contribution is 0.182. The van der Waals surface area contributed by atoms with Gasteiger partial charge < -0.3 is 15.6 Å². The van der Waals surface area contributed by atoms with Crippen LogP contribution in [0.15, 0.2) is 0 Å². The van der Waals surface area contributed by atoms with Crippen molar-refractivity contribution < 1.29 is 14.6 Å². The van der Waals surface area contributed by atoms with E-state index >= 15 is 0 Å². The third kappa shape index (κ3) is 28.8. The number of unbranched alkanes of at least 4 members (excludes halogenated alkanes) is 1. The molecule has 0 aromatic rings. The number of carbonyl (C=O) groups excluding carboxylic acids is 1. The minimum Gasteiger partial charge on any atom is -0.462 e. The highest BCUT2D eigenvalue weighted by Crippen LogP contribution is 1.78. The van der Waals surface area contributed by atoms with Crippen LogP contribution in [-0.4, -0.2) is 18.3 Å². The molecule has 4 nitrogen and oxygen atoms in total. The van der Waals surface area contributed by atoms with Crippen LogP contribution in [0.2, 0.25) is 0 Å². The van der Waals surface area contributed by atoms with E-state index in [1.165, 1.54) is 7.11 Å². The molecule has 0 rings (SSSR count). The topological polar surface area (TPSA) is 72.6 Å². The van der Waals surface area contributed by atoms with Gasteiger partial charge in [-0.3, -0.25) is 0 Å². The molecule has 0 atom stereocenters. The Balaban J connectivity index is 0. The van der Waals surface area contributed by atoms with Crippen LogP contribution in [0.1, 0.15) is 19.8 Å². The zero-order chi connectivity index (χ0) is 9.11. The van der Waals surface area contributed by atoms with E-state index in [4.69, 9.17) is 5.11 Å². The van der Waals surface area contributed by atoms with Crippen molar-refractivity contribution in [2.24, 2.45) is 5.73 Å². The molecule has 0 spiro atoms. The summed E-state index contributed by atoms with van der Waals surface area (Å²) < 4.78 is 3.89. The Morgan fingerprint density at radius 2 is 2.18 bits per heavy atom. The molecule has 0 aromatic carbocycles. The number of methoxy groups -OCH3 is 1. The smallest absolute Gasteiger partial charge is 0.404 e. The van der Waals surface area contributed by atoms with Gasteiger partial charge >= 0.3 is 6.09 Å². The third-order valence-corrected chi connectivity index (χ3v) is 0.655. The maximum Gasteiger partial charge on any atom is 0.404 e. The molecule has 1 amide bonds. The molecule has 0 fully saturated rings. The van der Waals surface area contributed by atoms with Crippen molar-refractivity contribution in [2.75, 3.05) is 7.11 Å². The fourth-order valence-corrected chi connectivity index (χ4v) is 0.181. The second-order valence-corrected chi connectivity index (χ2v) is 1.56. The van der Waals surface area contributed by atoms with Gasteiger partial charge in [-0.2, -0.15) is 0 Å². The molecule has 0 aliphatic carbocycles. The van der Waals surface area contributed by atoms with Gasteiger partial charge in [-0.15, -0.1) is 0 Å². The molecule has 64 valence electrons. The quantitative estimate of drug-likeness (QED) is 0.556. The number of aliphatic hydroxyl groups is 1. The summed E-state index contributed by atoms with van der Waals surface area (Å²) in [4.78, 5) is 9.37. The predicted octanol–water partition coefficient (Wildman–Crippen LogP) is 0.831. The molecule has 0 saturated carbocycles. The molecular weight excluding hydrogens is 146 g/mol. The third-order valence-electron chi connectivity index (χ3n) is 0.655. The summed E-state index contributed by atoms with van der Waals surface area (Å²) in [6.07, 6.45) is 2.90. The SMILES string of the molecule is CCCC#CO.COC(N)=O. The predicted molar refractivity (Wildman–Crippen MR) is 41.2 cm³/mol. The number of ether oxygens (including phenoxy) is 1. The van der Waals surface area contributed by atoms with Crippen molar-refractivity contribution in [3.63, 3.8) is 0 Å². The number of nitrogens with two attached hydrogens (primary N) is 1. The summed E-state index contributed by atoms with van der Waals surface area (Å²) in [5.41, 5.74) is 4.43. The Morgan fingerprint density at radius 3 is 2.27 bits per heavy atom. The molecule has 11 heavy (non-hydrogen) atoms. The number of aliphatic hydroxyl groups excluding tert-OH is 1. The summed E-state index contributed by atoms with van der Waals surface area (Å²) in [7, 11) is 1.22. The summed E-state index contributed by atoms with van der Waals surface area (Å²) >= 11 is 0. The molecule has 0 radical (unpaired) electrons. The molecule has 0 aromatic heterocycles. The maximum atomic E-state index is 9.37. The van der Waals surface area contributed by atoms with Crippen LogP contribution in [0.4, 0.5) is 4.79 Å². The Bertz CT molecular complexity index is 146. The van der Waals surface area contributed by atoms with E-state index in [-0.39, 0.29) is 0 Å². The molecule has 3 N–H and O–H groups in total. The van der Waals surface area contributed by atoms with E-state index in [9.17, 15) is 4.79 Å². The van der Waals surface area contributed by atoms with Crippen molar-refractivity contribution in [3.05, 3.63) is 0 Å². The normalized spacial score (nSPS) is 6.36. The average molecular weight is 159 g/mol. The highest BCUT2D eigenvalue weighted by Gasteiger charge is 1.76. The molecule has 4 heteroatoms. The number of hydrogen-bond donors (Lipinski definition) is 2. The number of rotatable bonds is 1. The first-order valence-electron chi connectivity index (χ1n) is 3.14. The monoisotopic (exact) mass is 159 g/mol. The summed E-state index contributed by atoms with van der Waals surface area (Å²) in [5, 5.41) is 7.84. The summed E-state index contributed by atoms with van der Waals surface area (Å²) in [6.45, 7) is 2.02. The van der Waals surface area contributed by atoms with Gasteiger partial charge in [0.1, 0.15) is 6.11 Å². The molecule has 0 unspecified atom stereocenters. The van der Waals surface area contributed by atoms with Gasteiger partial charge in [0.15, 0.2) is 0 Å². The minimum atomic E-state index is -0.745. The first kappa shape index (κ1) is 12.3. The van der Waals surface area contributed by atoms with Gasteiger partial charge in [0.25, 0.3) is 0 Å². The Morgan fingerprint density at radius 1 is 1.73 bits per heavy atom. The highest BCUT2D eigenvalue weighted by atomic mass is 16.5. The van der Waals surface area contributed by atoms with E-state index in [2.05, 4.69) is 16.4 Å². The van der Waals surface area contributed by atoms with Crippen molar-refractivity contribution >= 4 is 6.09 Å². The fourth-order valence-electron chi connectivity index (χ4n) is 0.181. The molecule has 0 aliphatic rings. The van der Waals surface area contributed by atoms with E-state index < -0.39 is 6.09 Å². The molecule has 0 saturated heterocycles. The first-order chi connectivity index (χ1) is 5.18. The summed E-state index contributed by atoms with van der Waals surface area (Å²) in [6, 6.07) is 0. The molecule has 0 bridgehead atoms. The first-order valence-corrected chi connectivity index (χ1v) is 3.14. The summed E-state index contributed by atoms with van der Waals surface area (Å²) in [5.74, 6) is 2.50. The zero-order valence-electron chi connectivity index (χ0n) is 6.76. The van der Waals surface area contributed by atoms with Crippen LogP contribution in [0, 0.1) is 12.0 Å². The Labute approximate surface area is 66.3 Å². The number of carbonyl (C=O) groups is 1. The fraction of sp³-hybridized carbons (Fsp3) is 0.571. The van der Waals surface area contributed by atoms with Crippen molar-refractivity contribution in [1.82, 2.24) is 0 Å². The van der Waals surface area contributed by atoms with E-state index in [0.29, 0.717) is 0 Å². The standard InChI is InChI=1S/C5H8O.C2H5NO2/c1-2-3-4-5-6;1-5-2(3)4/h6H,2-3H2,1H3;1H3,(H2,3,4). The highest BCUT2D eigenvalue weighted by molar-refractivity contribution is 5.64. The zero-order valence-corrected chi connectivity index (χ0v) is 6.76. The van der Waals surface area contributed by atoms with Crippen LogP contribution < -0.4 is 5.73 Å². The maximum absolute atomic E-state index is 9.37. The van der Waals surface area contributed by atoms with Crippen molar-refractivity contribution in [2.45, 2.75) is 19.8 Å². The van der Waals surface area contributed by atoms with E-state index in [0.717, 1.165) is 12.8 Å². The Hall–Kier alpha value is -1.37. The van der Waals surface area contributed by atoms with Gasteiger partial charge in [-0.25, -0.2) is 4.79 Å². The van der Waals surface area contributed by atoms with Gasteiger partial charge in [-0.1, -0.05) is 12.8 Å². The van der Waals surface area contributed by atoms with Crippen LogP contribution in [0.3, 0.4) is 0 Å². The molecular formula is C7H13NO3. The molecule has 0 aliphatic heterocycles. The van der Waals surface area contributed by atoms with E-state index in [1.807, 2.05) is 13.0 Å². The largest absolute Gasteiger partial charge is 0.462 e. The van der Waals surface area contributed by atoms with Crippen LogP contribution in [-0.2, 0) is 4.74 Å². The lowest BCUT2D eigenvalue weighted by Gasteiger charge is -1.81. The number of amides is 1. The second kappa shape index (κ2) is 11.4. The van der Waals surface area contributed by atoms with Gasteiger partial charge in [0.05, 0.1) is 7.11 Å². The second-order valence-electron chi connectivity index (χ2n) is 1.56. The lowest BCUT2D eigenvalue weighted by Crippen LogP contribution is -2.08. The number of hydrogen-bond acceptors (Lipinski definition) is 3. The molecule has 0 heterocycles. The van der Waals surface area contributed by atoms with E-state index in [1.54, 1.807) is 0 Å². The van der Waals surface area contributed by atoms with Gasteiger partial charge in [0, 0.05) is 6.42 Å². The van der Waals surface area contributed by atoms with Gasteiger partial charge in [0.2, 0.25) is 0 Å². The van der Waals surface area contributed by atoms with Crippen LogP contribution in [0.5, 0.6) is 0 Å². The lowest BCUT2D eigenvalue weighted by atomic mass is 10.4. The van der Waals surface area contributed by atoms with Crippen LogP contribution in [0.25, 0.3) is 0 Å². The average Bonchev–Trinajstić information content (AvgIpc) is 2.02. The van der Waals surface area contributed by atoms with Crippen molar-refractivity contribution in [3.8, 4) is 12.0 Å². The minimum absolute atomic E-state index is 0.745. The number of primary amides is 1. The van der Waals surface area contributed by atoms with Gasteiger partial charge in [-0.05, 0) is 6.42 Å². The Kier molecular flexibility index (Phi) is 12.8. The van der Waals surface area contributed by atoms with Crippen LogP contribution >= 0.6 is 0 Å². The van der Waals surface area contributed by atoms with Crippen molar-refractivity contribution in [1.29, 1.82) is 0 Å².